The number of nitrogens with one attached hydrogen (secondary N) is 1. The molecular formula is C19H15ClN2O4. The first-order valence-electron chi connectivity index (χ1n) is 7.72. The van der Waals surface area contributed by atoms with E-state index in [9.17, 15) is 14.4 Å². The minimum absolute atomic E-state index is 0.147. The molecule has 2 aromatic carbocycles. The number of carbonyl (C=O) groups is 3. The van der Waals surface area contributed by atoms with Crippen LogP contribution in [0.25, 0.3) is 6.08 Å². The molecule has 0 spiro atoms. The molecule has 132 valence electrons. The van der Waals surface area contributed by atoms with Crippen LogP contribution in [-0.2, 0) is 9.59 Å². The van der Waals surface area contributed by atoms with Gasteiger partial charge in [-0.1, -0.05) is 29.8 Å². The Balaban J connectivity index is 1.99. The lowest BCUT2D eigenvalue weighted by Crippen LogP contribution is -2.54. The van der Waals surface area contributed by atoms with Crippen LogP contribution in [0.15, 0.2) is 48.0 Å². The van der Waals surface area contributed by atoms with Gasteiger partial charge in [0.1, 0.15) is 11.3 Å². The third-order valence-electron chi connectivity index (χ3n) is 3.94. The maximum Gasteiger partial charge on any atom is 0.335 e. The largest absolute Gasteiger partial charge is 0.497 e. The maximum absolute atomic E-state index is 12.8. The van der Waals surface area contributed by atoms with E-state index in [0.717, 1.165) is 10.5 Å². The fourth-order valence-electron chi connectivity index (χ4n) is 2.48. The van der Waals surface area contributed by atoms with Crippen molar-refractivity contribution in [1.82, 2.24) is 5.32 Å². The molecule has 3 rings (SSSR count). The molecular weight excluding hydrogens is 356 g/mol. The second kappa shape index (κ2) is 7.01. The predicted octanol–water partition coefficient (Wildman–Crippen LogP) is 3.32. The summed E-state index contributed by atoms with van der Waals surface area (Å²) in [5.74, 6) is -0.808. The number of hydrogen-bond acceptors (Lipinski definition) is 4. The normalized spacial score (nSPS) is 16.0. The van der Waals surface area contributed by atoms with E-state index >= 15 is 0 Å². The number of rotatable bonds is 3. The van der Waals surface area contributed by atoms with Crippen LogP contribution < -0.4 is 15.0 Å². The molecule has 1 saturated heterocycles. The van der Waals surface area contributed by atoms with Gasteiger partial charge in [0.25, 0.3) is 11.8 Å². The third kappa shape index (κ3) is 3.32. The molecule has 0 radical (unpaired) electrons. The van der Waals surface area contributed by atoms with Gasteiger partial charge in [0.15, 0.2) is 0 Å². The van der Waals surface area contributed by atoms with E-state index in [-0.39, 0.29) is 11.3 Å². The van der Waals surface area contributed by atoms with Gasteiger partial charge < -0.3 is 4.74 Å². The third-order valence-corrected chi connectivity index (χ3v) is 4.35. The maximum atomic E-state index is 12.8. The number of carbonyl (C=O) groups excluding carboxylic acids is 3. The topological polar surface area (TPSA) is 75.7 Å². The number of amides is 4. The van der Waals surface area contributed by atoms with Gasteiger partial charge in [0.2, 0.25) is 0 Å². The van der Waals surface area contributed by atoms with Gasteiger partial charge in [-0.05, 0) is 48.4 Å². The van der Waals surface area contributed by atoms with Gasteiger partial charge in [-0.15, -0.1) is 0 Å². The number of nitrogens with zero attached hydrogens (tertiary/aromatic N) is 1. The molecule has 0 aromatic heterocycles. The van der Waals surface area contributed by atoms with Crippen molar-refractivity contribution in [3.63, 3.8) is 0 Å². The summed E-state index contributed by atoms with van der Waals surface area (Å²) in [6.07, 6.45) is 1.42. The molecule has 1 aliphatic heterocycles. The van der Waals surface area contributed by atoms with E-state index in [2.05, 4.69) is 5.32 Å². The zero-order valence-electron chi connectivity index (χ0n) is 14.1. The number of barbiturate groups is 1. The van der Waals surface area contributed by atoms with Gasteiger partial charge in [-0.25, -0.2) is 9.69 Å². The molecule has 1 aliphatic rings. The van der Waals surface area contributed by atoms with Crippen LogP contribution in [0.1, 0.15) is 11.1 Å². The molecule has 0 saturated carbocycles. The molecule has 0 unspecified atom stereocenters. The van der Waals surface area contributed by atoms with Crippen LogP contribution in [-0.4, -0.2) is 25.0 Å². The molecule has 0 atom stereocenters. The van der Waals surface area contributed by atoms with E-state index in [1.807, 2.05) is 6.92 Å². The Kier molecular flexibility index (Phi) is 4.77. The van der Waals surface area contributed by atoms with E-state index in [0.29, 0.717) is 16.3 Å². The smallest absolute Gasteiger partial charge is 0.335 e. The molecule has 0 bridgehead atoms. The number of urea groups is 1. The number of ether oxygens (including phenoxy) is 1. The van der Waals surface area contributed by atoms with Crippen molar-refractivity contribution < 1.29 is 19.1 Å². The van der Waals surface area contributed by atoms with Crippen LogP contribution in [0, 0.1) is 6.92 Å². The summed E-state index contributed by atoms with van der Waals surface area (Å²) in [5, 5.41) is 2.59. The summed E-state index contributed by atoms with van der Waals surface area (Å²) >= 11 is 6.09. The van der Waals surface area contributed by atoms with Crippen LogP contribution in [0.2, 0.25) is 5.02 Å². The van der Waals surface area contributed by atoms with Crippen molar-refractivity contribution in [2.75, 3.05) is 12.0 Å². The number of imide groups is 2. The Morgan fingerprint density at radius 3 is 2.38 bits per heavy atom. The minimum atomic E-state index is -0.813. The molecule has 2 aromatic rings. The quantitative estimate of drug-likeness (QED) is 0.664. The minimum Gasteiger partial charge on any atom is -0.497 e. The molecule has 6 nitrogen and oxygen atoms in total. The summed E-state index contributed by atoms with van der Waals surface area (Å²) in [4.78, 5) is 38.0. The fraction of sp³-hybridized carbons (Fsp3) is 0.105. The summed E-state index contributed by atoms with van der Waals surface area (Å²) in [6.45, 7) is 1.81. The summed E-state index contributed by atoms with van der Waals surface area (Å²) in [5.41, 5.74) is 1.58. The van der Waals surface area contributed by atoms with Gasteiger partial charge in [-0.3, -0.25) is 14.9 Å². The van der Waals surface area contributed by atoms with E-state index in [4.69, 9.17) is 16.3 Å². The van der Waals surface area contributed by atoms with E-state index in [1.54, 1.807) is 43.5 Å². The number of hydrogen-bond donors (Lipinski definition) is 1. The standard InChI is InChI=1S/C19H15ClN2O4/c1-11-3-6-13(10-16(11)20)22-18(24)15(17(23)21-19(22)25)9-12-4-7-14(26-2)8-5-12/h3-10H,1-2H3,(H,21,23,25)/b15-9+. The summed E-state index contributed by atoms with van der Waals surface area (Å²) in [6, 6.07) is 10.8. The number of halogens is 1. The van der Waals surface area contributed by atoms with Crippen molar-refractivity contribution in [1.29, 1.82) is 0 Å². The zero-order chi connectivity index (χ0) is 18.8. The second-order valence-electron chi connectivity index (χ2n) is 5.66. The Morgan fingerprint density at radius 2 is 1.77 bits per heavy atom. The average molecular weight is 371 g/mol. The van der Waals surface area contributed by atoms with Crippen molar-refractivity contribution in [2.24, 2.45) is 0 Å². The van der Waals surface area contributed by atoms with Crippen molar-refractivity contribution in [2.45, 2.75) is 6.92 Å². The molecule has 26 heavy (non-hydrogen) atoms. The summed E-state index contributed by atoms with van der Waals surface area (Å²) in [7, 11) is 1.54. The Bertz CT molecular complexity index is 935. The van der Waals surface area contributed by atoms with Crippen molar-refractivity contribution in [3.8, 4) is 5.75 Å². The van der Waals surface area contributed by atoms with Gasteiger partial charge in [0.05, 0.1) is 12.8 Å². The molecule has 4 amide bonds. The van der Waals surface area contributed by atoms with Gasteiger partial charge in [0, 0.05) is 5.02 Å². The number of benzene rings is 2. The lowest BCUT2D eigenvalue weighted by atomic mass is 10.1. The SMILES string of the molecule is COc1ccc(/C=C2\C(=O)NC(=O)N(c3ccc(C)c(Cl)c3)C2=O)cc1. The van der Waals surface area contributed by atoms with Crippen LogP contribution in [0.3, 0.4) is 0 Å². The molecule has 1 heterocycles. The van der Waals surface area contributed by atoms with Crippen LogP contribution >= 0.6 is 11.6 Å². The number of methoxy groups -OCH3 is 1. The average Bonchev–Trinajstić information content (AvgIpc) is 2.62. The zero-order valence-corrected chi connectivity index (χ0v) is 14.8. The molecule has 1 N–H and O–H groups in total. The highest BCUT2D eigenvalue weighted by molar-refractivity contribution is 6.39. The molecule has 7 heteroatoms. The molecule has 1 fully saturated rings. The van der Waals surface area contributed by atoms with Gasteiger partial charge in [-0.2, -0.15) is 0 Å². The summed E-state index contributed by atoms with van der Waals surface area (Å²) < 4.78 is 5.08. The fourth-order valence-corrected chi connectivity index (χ4v) is 2.65. The monoisotopic (exact) mass is 370 g/mol. The number of aryl methyl sites for hydroxylation is 1. The highest BCUT2D eigenvalue weighted by Crippen LogP contribution is 2.26. The second-order valence-corrected chi connectivity index (χ2v) is 6.07. The van der Waals surface area contributed by atoms with Crippen LogP contribution in [0.4, 0.5) is 10.5 Å². The van der Waals surface area contributed by atoms with E-state index in [1.165, 1.54) is 12.1 Å². The molecule has 0 aliphatic carbocycles. The lowest BCUT2D eigenvalue weighted by Gasteiger charge is -2.26. The predicted molar refractivity (Wildman–Crippen MR) is 98.2 cm³/mol. The van der Waals surface area contributed by atoms with E-state index < -0.39 is 17.8 Å². The van der Waals surface area contributed by atoms with Crippen molar-refractivity contribution >= 4 is 41.2 Å². The number of anilines is 1. The van der Waals surface area contributed by atoms with Crippen molar-refractivity contribution in [3.05, 3.63) is 64.2 Å². The Morgan fingerprint density at radius 1 is 1.08 bits per heavy atom. The first kappa shape index (κ1) is 17.7. The lowest BCUT2D eigenvalue weighted by molar-refractivity contribution is -0.122. The Hall–Kier alpha value is -3.12. The first-order chi connectivity index (χ1) is 12.4. The highest BCUT2D eigenvalue weighted by Gasteiger charge is 2.36. The first-order valence-corrected chi connectivity index (χ1v) is 8.10. The van der Waals surface area contributed by atoms with Gasteiger partial charge >= 0.3 is 6.03 Å². The van der Waals surface area contributed by atoms with Crippen LogP contribution in [0.5, 0.6) is 5.75 Å². The highest BCUT2D eigenvalue weighted by atomic mass is 35.5. The Labute approximate surface area is 155 Å².